The van der Waals surface area contributed by atoms with E-state index in [0.717, 1.165) is 24.6 Å². The molecule has 1 fully saturated rings. The third-order valence-corrected chi connectivity index (χ3v) is 3.78. The number of aryl methyl sites for hydroxylation is 1. The molecule has 1 heterocycles. The first kappa shape index (κ1) is 13.4. The number of nitrogens with one attached hydrogen (secondary N) is 1. The Balaban J connectivity index is 1.89. The van der Waals surface area contributed by atoms with Crippen molar-refractivity contribution in [3.05, 3.63) is 11.9 Å². The van der Waals surface area contributed by atoms with Crippen LogP contribution in [0.5, 0.6) is 5.75 Å². The quantitative estimate of drug-likeness (QED) is 0.769. The van der Waals surface area contributed by atoms with Crippen molar-refractivity contribution in [1.29, 1.82) is 0 Å². The van der Waals surface area contributed by atoms with E-state index in [0.29, 0.717) is 6.04 Å². The Bertz CT molecular complexity index is 371. The highest BCUT2D eigenvalue weighted by Crippen LogP contribution is 2.35. The summed E-state index contributed by atoms with van der Waals surface area (Å²) in [6.45, 7) is 3.35. The summed E-state index contributed by atoms with van der Waals surface area (Å²) in [7, 11) is 3.71. The first-order chi connectivity index (χ1) is 8.76. The van der Waals surface area contributed by atoms with Crippen molar-refractivity contribution >= 4 is 0 Å². The zero-order valence-electron chi connectivity index (χ0n) is 11.8. The van der Waals surface area contributed by atoms with Gasteiger partial charge in [0.15, 0.2) is 5.75 Å². The molecule has 4 heteroatoms. The highest BCUT2D eigenvalue weighted by molar-refractivity contribution is 5.25. The van der Waals surface area contributed by atoms with Crippen LogP contribution in [0, 0.1) is 5.92 Å². The van der Waals surface area contributed by atoms with Gasteiger partial charge in [-0.2, -0.15) is 5.10 Å². The van der Waals surface area contributed by atoms with Crippen LogP contribution in [0.1, 0.15) is 38.3 Å². The highest BCUT2D eigenvalue weighted by atomic mass is 16.5. The number of nitrogens with zero attached hydrogens (tertiary/aromatic N) is 2. The lowest BCUT2D eigenvalue weighted by atomic mass is 10.0. The summed E-state index contributed by atoms with van der Waals surface area (Å²) >= 11 is 0. The van der Waals surface area contributed by atoms with Crippen molar-refractivity contribution in [1.82, 2.24) is 15.1 Å². The summed E-state index contributed by atoms with van der Waals surface area (Å²) in [5, 5.41) is 7.94. The van der Waals surface area contributed by atoms with Gasteiger partial charge in [-0.3, -0.25) is 4.68 Å². The first-order valence-corrected chi connectivity index (χ1v) is 7.04. The SMILES string of the molecule is CCCNC(CCc1c(OC)cnn1C)C1CC1. The maximum Gasteiger partial charge on any atom is 0.159 e. The summed E-state index contributed by atoms with van der Waals surface area (Å²) in [5.74, 6) is 1.82. The van der Waals surface area contributed by atoms with E-state index in [1.165, 1.54) is 31.4 Å². The fourth-order valence-corrected chi connectivity index (χ4v) is 2.52. The number of methoxy groups -OCH3 is 1. The normalized spacial score (nSPS) is 16.8. The Morgan fingerprint density at radius 2 is 2.33 bits per heavy atom. The standard InChI is InChI=1S/C14H25N3O/c1-4-9-15-12(11-5-6-11)7-8-13-14(18-3)10-16-17(13)2/h10-12,15H,4-9H2,1-3H3. The molecule has 0 aliphatic heterocycles. The molecule has 18 heavy (non-hydrogen) atoms. The third-order valence-electron chi connectivity index (χ3n) is 3.78. The average molecular weight is 251 g/mol. The number of ether oxygens (including phenoxy) is 1. The van der Waals surface area contributed by atoms with E-state index in [1.54, 1.807) is 13.3 Å². The third kappa shape index (κ3) is 3.25. The van der Waals surface area contributed by atoms with Crippen LogP contribution in [0.4, 0.5) is 0 Å². The lowest BCUT2D eigenvalue weighted by Gasteiger charge is -2.18. The Labute approximate surface area is 110 Å². The van der Waals surface area contributed by atoms with Crippen LogP contribution in [-0.2, 0) is 13.5 Å². The van der Waals surface area contributed by atoms with Gasteiger partial charge in [0.25, 0.3) is 0 Å². The average Bonchev–Trinajstić information content (AvgIpc) is 3.15. The molecule has 4 nitrogen and oxygen atoms in total. The summed E-state index contributed by atoms with van der Waals surface area (Å²) < 4.78 is 7.29. The maximum absolute atomic E-state index is 5.35. The second-order valence-electron chi connectivity index (χ2n) is 5.22. The predicted molar refractivity (Wildman–Crippen MR) is 72.9 cm³/mol. The number of hydrogen-bond donors (Lipinski definition) is 1. The minimum absolute atomic E-state index is 0.671. The molecule has 1 aromatic rings. The van der Waals surface area contributed by atoms with E-state index in [4.69, 9.17) is 4.74 Å². The molecule has 1 aliphatic rings. The summed E-state index contributed by atoms with van der Waals surface area (Å²) in [5.41, 5.74) is 1.21. The predicted octanol–water partition coefficient (Wildman–Crippen LogP) is 2.14. The minimum atomic E-state index is 0.671. The highest BCUT2D eigenvalue weighted by Gasteiger charge is 2.30. The van der Waals surface area contributed by atoms with Gasteiger partial charge >= 0.3 is 0 Å². The van der Waals surface area contributed by atoms with Crippen LogP contribution < -0.4 is 10.1 Å². The van der Waals surface area contributed by atoms with Gasteiger partial charge in [0.2, 0.25) is 0 Å². The number of rotatable bonds is 8. The summed E-state index contributed by atoms with van der Waals surface area (Å²) in [4.78, 5) is 0. The Morgan fingerprint density at radius 3 is 2.94 bits per heavy atom. The van der Waals surface area contributed by atoms with Gasteiger partial charge in [-0.15, -0.1) is 0 Å². The second-order valence-corrected chi connectivity index (χ2v) is 5.22. The van der Waals surface area contributed by atoms with Crippen LogP contribution in [0.2, 0.25) is 0 Å². The smallest absolute Gasteiger partial charge is 0.159 e. The lowest BCUT2D eigenvalue weighted by Crippen LogP contribution is -2.32. The molecular formula is C14H25N3O. The topological polar surface area (TPSA) is 39.1 Å². The van der Waals surface area contributed by atoms with Crippen LogP contribution in [-0.4, -0.2) is 29.5 Å². The molecule has 1 N–H and O–H groups in total. The Morgan fingerprint density at radius 1 is 1.56 bits per heavy atom. The lowest BCUT2D eigenvalue weighted by molar-refractivity contribution is 0.398. The van der Waals surface area contributed by atoms with Crippen LogP contribution in [0.25, 0.3) is 0 Å². The maximum atomic E-state index is 5.35. The van der Waals surface area contributed by atoms with Crippen molar-refractivity contribution in [2.75, 3.05) is 13.7 Å². The first-order valence-electron chi connectivity index (χ1n) is 7.04. The molecule has 0 aromatic carbocycles. The fraction of sp³-hybridized carbons (Fsp3) is 0.786. The number of hydrogen-bond acceptors (Lipinski definition) is 3. The van der Waals surface area contributed by atoms with Crippen molar-refractivity contribution < 1.29 is 4.74 Å². The summed E-state index contributed by atoms with van der Waals surface area (Å²) in [6.07, 6.45) is 8.02. The second kappa shape index (κ2) is 6.23. The molecule has 0 spiro atoms. The molecule has 0 saturated heterocycles. The molecule has 1 atom stereocenters. The van der Waals surface area contributed by atoms with Crippen molar-refractivity contribution in [3.63, 3.8) is 0 Å². The Kier molecular flexibility index (Phi) is 4.64. The largest absolute Gasteiger partial charge is 0.493 e. The van der Waals surface area contributed by atoms with Gasteiger partial charge in [0.05, 0.1) is 19.0 Å². The molecule has 1 aromatic heterocycles. The molecule has 0 radical (unpaired) electrons. The van der Waals surface area contributed by atoms with Crippen LogP contribution in [0.3, 0.4) is 0 Å². The monoisotopic (exact) mass is 251 g/mol. The van der Waals surface area contributed by atoms with Gasteiger partial charge < -0.3 is 10.1 Å². The molecule has 1 aliphatic carbocycles. The molecule has 1 unspecified atom stereocenters. The zero-order valence-corrected chi connectivity index (χ0v) is 11.8. The molecule has 0 bridgehead atoms. The van der Waals surface area contributed by atoms with Gasteiger partial charge in [0, 0.05) is 13.1 Å². The van der Waals surface area contributed by atoms with Crippen molar-refractivity contribution in [2.24, 2.45) is 13.0 Å². The van der Waals surface area contributed by atoms with Crippen molar-refractivity contribution in [3.8, 4) is 5.75 Å². The number of aromatic nitrogens is 2. The van der Waals surface area contributed by atoms with E-state index in [-0.39, 0.29) is 0 Å². The van der Waals surface area contributed by atoms with E-state index in [9.17, 15) is 0 Å². The molecular weight excluding hydrogens is 226 g/mol. The van der Waals surface area contributed by atoms with Gasteiger partial charge in [-0.25, -0.2) is 0 Å². The van der Waals surface area contributed by atoms with E-state index >= 15 is 0 Å². The minimum Gasteiger partial charge on any atom is -0.493 e. The van der Waals surface area contributed by atoms with E-state index < -0.39 is 0 Å². The van der Waals surface area contributed by atoms with E-state index in [1.807, 2.05) is 11.7 Å². The van der Waals surface area contributed by atoms with Crippen LogP contribution >= 0.6 is 0 Å². The fourth-order valence-electron chi connectivity index (χ4n) is 2.52. The molecule has 102 valence electrons. The summed E-state index contributed by atoms with van der Waals surface area (Å²) in [6, 6.07) is 0.671. The van der Waals surface area contributed by atoms with E-state index in [2.05, 4.69) is 17.3 Å². The van der Waals surface area contributed by atoms with Crippen molar-refractivity contribution in [2.45, 2.75) is 45.1 Å². The van der Waals surface area contributed by atoms with Gasteiger partial charge in [0.1, 0.15) is 0 Å². The van der Waals surface area contributed by atoms with Crippen LogP contribution in [0.15, 0.2) is 6.20 Å². The zero-order chi connectivity index (χ0) is 13.0. The molecule has 2 rings (SSSR count). The Hall–Kier alpha value is -1.03. The molecule has 1 saturated carbocycles. The molecule has 0 amide bonds. The van der Waals surface area contributed by atoms with Gasteiger partial charge in [-0.1, -0.05) is 6.92 Å². The van der Waals surface area contributed by atoms with Gasteiger partial charge in [-0.05, 0) is 44.6 Å².